The van der Waals surface area contributed by atoms with Gasteiger partial charge in [0.05, 0.1) is 5.54 Å². The summed E-state index contributed by atoms with van der Waals surface area (Å²) in [5, 5.41) is 0. The van der Waals surface area contributed by atoms with E-state index in [-0.39, 0.29) is 17.0 Å². The van der Waals surface area contributed by atoms with Crippen molar-refractivity contribution in [2.45, 2.75) is 19.4 Å². The van der Waals surface area contributed by atoms with Crippen LogP contribution in [-0.4, -0.2) is 0 Å². The summed E-state index contributed by atoms with van der Waals surface area (Å²) in [6.07, 6.45) is 0. The number of halogens is 1. The third kappa shape index (κ3) is 2.76. The zero-order valence-corrected chi connectivity index (χ0v) is 11.9. The molecule has 0 radical (unpaired) electrons. The average molecular weight is 292 g/mol. The molecule has 0 saturated carbocycles. The highest BCUT2D eigenvalue weighted by Gasteiger charge is 2.24. The molecular formula is C15H18BrN. The Morgan fingerprint density at radius 2 is 1.41 bits per heavy atom. The van der Waals surface area contributed by atoms with Crippen LogP contribution < -0.4 is 5.73 Å². The predicted molar refractivity (Wildman–Crippen MR) is 78.6 cm³/mol. The molecule has 0 aromatic heterocycles. The lowest BCUT2D eigenvalue weighted by Crippen LogP contribution is -2.34. The predicted octanol–water partition coefficient (Wildman–Crippen LogP) is 3.80. The summed E-state index contributed by atoms with van der Waals surface area (Å²) in [7, 11) is 0. The minimum atomic E-state index is -0.424. The highest BCUT2D eigenvalue weighted by molar-refractivity contribution is 8.93. The maximum Gasteiger partial charge on any atom is 0.0639 e. The van der Waals surface area contributed by atoms with Crippen LogP contribution in [-0.2, 0) is 5.54 Å². The van der Waals surface area contributed by atoms with Gasteiger partial charge in [0, 0.05) is 0 Å². The van der Waals surface area contributed by atoms with Gasteiger partial charge in [0.2, 0.25) is 0 Å². The zero-order valence-electron chi connectivity index (χ0n) is 10.2. The summed E-state index contributed by atoms with van der Waals surface area (Å²) in [6.45, 7) is 4.16. The van der Waals surface area contributed by atoms with Crippen molar-refractivity contribution in [2.75, 3.05) is 0 Å². The van der Waals surface area contributed by atoms with E-state index in [1.165, 1.54) is 11.1 Å². The van der Waals surface area contributed by atoms with Crippen molar-refractivity contribution in [3.8, 4) is 0 Å². The van der Waals surface area contributed by atoms with E-state index in [2.05, 4.69) is 38.1 Å². The smallest absolute Gasteiger partial charge is 0.0639 e. The molecule has 1 atom stereocenters. The Kier molecular flexibility index (Phi) is 4.49. The summed E-state index contributed by atoms with van der Waals surface area (Å²) >= 11 is 0. The van der Waals surface area contributed by atoms with Gasteiger partial charge in [-0.05, 0) is 30.5 Å². The van der Waals surface area contributed by atoms with Crippen molar-refractivity contribution in [3.05, 3.63) is 71.3 Å². The summed E-state index contributed by atoms with van der Waals surface area (Å²) in [5.41, 5.74) is 9.59. The Morgan fingerprint density at radius 3 is 2.00 bits per heavy atom. The van der Waals surface area contributed by atoms with E-state index in [0.29, 0.717) is 0 Å². The van der Waals surface area contributed by atoms with Crippen LogP contribution in [0.4, 0.5) is 0 Å². The van der Waals surface area contributed by atoms with E-state index in [9.17, 15) is 0 Å². The quantitative estimate of drug-likeness (QED) is 0.895. The van der Waals surface area contributed by atoms with E-state index in [1.54, 1.807) is 0 Å². The molecule has 17 heavy (non-hydrogen) atoms. The van der Waals surface area contributed by atoms with Gasteiger partial charge >= 0.3 is 0 Å². The van der Waals surface area contributed by atoms with E-state index in [4.69, 9.17) is 5.73 Å². The molecule has 90 valence electrons. The molecule has 0 spiro atoms. The molecule has 1 unspecified atom stereocenters. The molecule has 2 rings (SSSR count). The number of hydrogen-bond acceptors (Lipinski definition) is 1. The fraction of sp³-hybridized carbons (Fsp3) is 0.200. The van der Waals surface area contributed by atoms with Crippen LogP contribution in [0.15, 0.2) is 54.6 Å². The molecular weight excluding hydrogens is 274 g/mol. The third-order valence-corrected chi connectivity index (χ3v) is 3.08. The summed E-state index contributed by atoms with van der Waals surface area (Å²) in [6, 6.07) is 18.5. The normalized spacial score (nSPS) is 13.6. The Balaban J connectivity index is 0.00000144. The maximum absolute atomic E-state index is 6.46. The third-order valence-electron chi connectivity index (χ3n) is 3.08. The molecule has 0 heterocycles. The first-order valence-electron chi connectivity index (χ1n) is 5.53. The Labute approximate surface area is 113 Å². The largest absolute Gasteiger partial charge is 0.318 e. The minimum absolute atomic E-state index is 0. The van der Waals surface area contributed by atoms with Gasteiger partial charge in [-0.25, -0.2) is 0 Å². The molecule has 2 N–H and O–H groups in total. The summed E-state index contributed by atoms with van der Waals surface area (Å²) < 4.78 is 0. The van der Waals surface area contributed by atoms with Gasteiger partial charge in [0.1, 0.15) is 0 Å². The standard InChI is InChI=1S/C15H17N.BrH/c1-12-8-6-7-11-14(12)15(2,16)13-9-4-3-5-10-13;/h3-11H,16H2,1-2H3;1H. The van der Waals surface area contributed by atoms with Crippen LogP contribution in [0.3, 0.4) is 0 Å². The number of benzene rings is 2. The van der Waals surface area contributed by atoms with E-state index in [0.717, 1.165) is 5.56 Å². The topological polar surface area (TPSA) is 26.0 Å². The average Bonchev–Trinajstić information content (AvgIpc) is 2.30. The van der Waals surface area contributed by atoms with E-state index in [1.807, 2.05) is 30.3 Å². The second-order valence-electron chi connectivity index (χ2n) is 4.38. The van der Waals surface area contributed by atoms with Crippen molar-refractivity contribution in [3.63, 3.8) is 0 Å². The van der Waals surface area contributed by atoms with Crippen LogP contribution in [0.1, 0.15) is 23.6 Å². The van der Waals surface area contributed by atoms with Crippen LogP contribution >= 0.6 is 17.0 Å². The number of rotatable bonds is 2. The van der Waals surface area contributed by atoms with Crippen molar-refractivity contribution in [1.82, 2.24) is 0 Å². The summed E-state index contributed by atoms with van der Waals surface area (Å²) in [4.78, 5) is 0. The van der Waals surface area contributed by atoms with Gasteiger partial charge in [-0.3, -0.25) is 0 Å². The zero-order chi connectivity index (χ0) is 11.6. The maximum atomic E-state index is 6.46. The molecule has 0 bridgehead atoms. The fourth-order valence-corrected chi connectivity index (χ4v) is 2.10. The Hall–Kier alpha value is -1.12. The Bertz CT molecular complexity index is 477. The van der Waals surface area contributed by atoms with Gasteiger partial charge < -0.3 is 5.73 Å². The van der Waals surface area contributed by atoms with Crippen molar-refractivity contribution in [2.24, 2.45) is 5.73 Å². The van der Waals surface area contributed by atoms with Crippen molar-refractivity contribution < 1.29 is 0 Å². The molecule has 0 fully saturated rings. The van der Waals surface area contributed by atoms with Crippen LogP contribution in [0.5, 0.6) is 0 Å². The molecule has 2 heteroatoms. The van der Waals surface area contributed by atoms with E-state index >= 15 is 0 Å². The first-order chi connectivity index (χ1) is 7.62. The molecule has 0 aliphatic carbocycles. The molecule has 0 saturated heterocycles. The minimum Gasteiger partial charge on any atom is -0.318 e. The second kappa shape index (κ2) is 5.48. The molecule has 2 aromatic carbocycles. The summed E-state index contributed by atoms with van der Waals surface area (Å²) in [5.74, 6) is 0. The highest BCUT2D eigenvalue weighted by atomic mass is 79.9. The lowest BCUT2D eigenvalue weighted by atomic mass is 9.83. The molecule has 1 nitrogen and oxygen atoms in total. The lowest BCUT2D eigenvalue weighted by molar-refractivity contribution is 0.599. The highest BCUT2D eigenvalue weighted by Crippen LogP contribution is 2.28. The van der Waals surface area contributed by atoms with Gasteiger partial charge in [-0.1, -0.05) is 54.6 Å². The van der Waals surface area contributed by atoms with Gasteiger partial charge in [0.25, 0.3) is 0 Å². The van der Waals surface area contributed by atoms with Gasteiger partial charge in [-0.15, -0.1) is 17.0 Å². The Morgan fingerprint density at radius 1 is 0.882 bits per heavy atom. The van der Waals surface area contributed by atoms with Gasteiger partial charge in [0.15, 0.2) is 0 Å². The first-order valence-corrected chi connectivity index (χ1v) is 5.53. The second-order valence-corrected chi connectivity index (χ2v) is 4.38. The van der Waals surface area contributed by atoms with Crippen molar-refractivity contribution in [1.29, 1.82) is 0 Å². The van der Waals surface area contributed by atoms with Crippen LogP contribution in [0, 0.1) is 6.92 Å². The number of aryl methyl sites for hydroxylation is 1. The monoisotopic (exact) mass is 291 g/mol. The molecule has 2 aromatic rings. The number of nitrogens with two attached hydrogens (primary N) is 1. The van der Waals surface area contributed by atoms with Crippen LogP contribution in [0.2, 0.25) is 0 Å². The van der Waals surface area contributed by atoms with Crippen molar-refractivity contribution >= 4 is 17.0 Å². The van der Waals surface area contributed by atoms with E-state index < -0.39 is 5.54 Å². The fourth-order valence-electron chi connectivity index (χ4n) is 2.10. The van der Waals surface area contributed by atoms with Crippen LogP contribution in [0.25, 0.3) is 0 Å². The lowest BCUT2D eigenvalue weighted by Gasteiger charge is -2.27. The SMILES string of the molecule is Br.Cc1ccccc1C(C)(N)c1ccccc1. The van der Waals surface area contributed by atoms with Gasteiger partial charge in [-0.2, -0.15) is 0 Å². The first kappa shape index (κ1) is 13.9. The molecule has 0 aliphatic rings. The number of hydrogen-bond donors (Lipinski definition) is 1. The molecule has 0 aliphatic heterocycles. The molecule has 0 amide bonds.